The van der Waals surface area contributed by atoms with E-state index < -0.39 is 0 Å². The van der Waals surface area contributed by atoms with Crippen molar-refractivity contribution in [3.63, 3.8) is 0 Å². The van der Waals surface area contributed by atoms with Crippen LogP contribution in [0.25, 0.3) is 0 Å². The van der Waals surface area contributed by atoms with Gasteiger partial charge in [-0.05, 0) is 37.4 Å². The number of oxime groups is 1. The van der Waals surface area contributed by atoms with Crippen LogP contribution in [0.1, 0.15) is 18.4 Å². The first-order valence-electron chi connectivity index (χ1n) is 6.99. The topological polar surface area (TPSA) is 64.9 Å². The van der Waals surface area contributed by atoms with Crippen molar-refractivity contribution in [1.29, 1.82) is 0 Å². The zero-order valence-electron chi connectivity index (χ0n) is 11.9. The zero-order valence-corrected chi connectivity index (χ0v) is 12.8. The summed E-state index contributed by atoms with van der Waals surface area (Å²) in [5.41, 5.74) is 1.35. The number of nitrogens with one attached hydrogen (secondary N) is 1. The molecule has 0 aromatic heterocycles. The highest BCUT2D eigenvalue weighted by atomic mass is 35.5. The minimum absolute atomic E-state index is 0. The van der Waals surface area contributed by atoms with Gasteiger partial charge >= 0.3 is 0 Å². The molecule has 1 fully saturated rings. The molecule has 0 aliphatic carbocycles. The van der Waals surface area contributed by atoms with E-state index in [1.165, 1.54) is 5.56 Å². The quantitative estimate of drug-likeness (QED) is 0.496. The number of hydrogen-bond acceptors (Lipinski definition) is 4. The predicted molar refractivity (Wildman–Crippen MR) is 85.0 cm³/mol. The molecule has 1 aromatic rings. The van der Waals surface area contributed by atoms with Crippen LogP contribution < -0.4 is 5.32 Å². The van der Waals surface area contributed by atoms with Gasteiger partial charge in [0.15, 0.2) is 0 Å². The van der Waals surface area contributed by atoms with Crippen LogP contribution in [-0.2, 0) is 11.3 Å². The zero-order chi connectivity index (χ0) is 14.2. The number of benzene rings is 1. The number of nitrogens with zero attached hydrogens (tertiary/aromatic N) is 2. The Morgan fingerprint density at radius 2 is 2.00 bits per heavy atom. The van der Waals surface area contributed by atoms with Crippen LogP contribution >= 0.6 is 12.4 Å². The van der Waals surface area contributed by atoms with E-state index in [-0.39, 0.29) is 18.3 Å². The third-order valence-electron chi connectivity index (χ3n) is 3.70. The average Bonchev–Trinajstić information content (AvgIpc) is 2.48. The number of hydrogen-bond donors (Lipinski definition) is 2. The summed E-state index contributed by atoms with van der Waals surface area (Å²) in [6.07, 6.45) is 3.07. The van der Waals surface area contributed by atoms with Crippen molar-refractivity contribution < 1.29 is 10.0 Å². The lowest BCUT2D eigenvalue weighted by Gasteiger charge is -2.31. The van der Waals surface area contributed by atoms with E-state index in [1.807, 2.05) is 6.07 Å². The molecule has 2 rings (SSSR count). The summed E-state index contributed by atoms with van der Waals surface area (Å²) < 4.78 is 0. The number of rotatable bonds is 5. The molecule has 5 nitrogen and oxygen atoms in total. The van der Waals surface area contributed by atoms with Gasteiger partial charge < -0.3 is 10.5 Å². The Hall–Kier alpha value is -1.59. The Balaban J connectivity index is 0.00000220. The molecule has 116 valence electrons. The van der Waals surface area contributed by atoms with Crippen molar-refractivity contribution in [1.82, 2.24) is 10.2 Å². The van der Waals surface area contributed by atoms with Gasteiger partial charge in [0, 0.05) is 13.1 Å². The van der Waals surface area contributed by atoms with Gasteiger partial charge in [0.2, 0.25) is 0 Å². The van der Waals surface area contributed by atoms with E-state index in [2.05, 4.69) is 39.6 Å². The van der Waals surface area contributed by atoms with Crippen LogP contribution in [0.2, 0.25) is 0 Å². The minimum atomic E-state index is -0.334. The molecule has 1 saturated heterocycles. The molecule has 1 aliphatic rings. The standard InChI is InChI=1S/C15H21N3O2.ClH/c19-15(11-17-20)16-10-13-6-8-18(9-7-13)12-14-4-2-1-3-5-14;/h1-5,11,13,20H,6-10,12H2,(H,16,19);1H/b17-11+;. The molecular formula is C15H22ClN3O2. The highest BCUT2D eigenvalue weighted by Gasteiger charge is 2.19. The van der Waals surface area contributed by atoms with Gasteiger partial charge in [-0.1, -0.05) is 35.5 Å². The second-order valence-electron chi connectivity index (χ2n) is 5.19. The van der Waals surface area contributed by atoms with Crippen LogP contribution in [0.15, 0.2) is 35.5 Å². The first-order valence-corrected chi connectivity index (χ1v) is 6.99. The molecule has 0 bridgehead atoms. The maximum atomic E-state index is 11.2. The number of piperidine rings is 1. The van der Waals surface area contributed by atoms with Crippen LogP contribution in [0.4, 0.5) is 0 Å². The SMILES string of the molecule is Cl.O=C(/C=N/O)NCC1CCN(Cc2ccccc2)CC1. The van der Waals surface area contributed by atoms with E-state index in [0.717, 1.165) is 38.7 Å². The van der Waals surface area contributed by atoms with Crippen molar-refractivity contribution >= 4 is 24.5 Å². The Morgan fingerprint density at radius 1 is 1.33 bits per heavy atom. The van der Waals surface area contributed by atoms with Gasteiger partial charge in [0.05, 0.1) is 0 Å². The molecule has 1 aliphatic heterocycles. The monoisotopic (exact) mass is 311 g/mol. The molecule has 0 atom stereocenters. The Morgan fingerprint density at radius 3 is 2.62 bits per heavy atom. The highest BCUT2D eigenvalue weighted by Crippen LogP contribution is 2.18. The third kappa shape index (κ3) is 6.14. The maximum Gasteiger partial charge on any atom is 0.265 e. The average molecular weight is 312 g/mol. The lowest BCUT2D eigenvalue weighted by Crippen LogP contribution is -2.38. The molecular weight excluding hydrogens is 290 g/mol. The van der Waals surface area contributed by atoms with Crippen LogP contribution in [-0.4, -0.2) is 41.9 Å². The summed E-state index contributed by atoms with van der Waals surface area (Å²) >= 11 is 0. The van der Waals surface area contributed by atoms with Crippen molar-refractivity contribution in [2.45, 2.75) is 19.4 Å². The molecule has 0 saturated carbocycles. The fourth-order valence-electron chi connectivity index (χ4n) is 2.53. The summed E-state index contributed by atoms with van der Waals surface area (Å²) in [4.78, 5) is 13.6. The van der Waals surface area contributed by atoms with Crippen molar-refractivity contribution in [3.05, 3.63) is 35.9 Å². The predicted octanol–water partition coefficient (Wildman–Crippen LogP) is 1.90. The van der Waals surface area contributed by atoms with E-state index in [4.69, 9.17) is 5.21 Å². The molecule has 2 N–H and O–H groups in total. The van der Waals surface area contributed by atoms with Gasteiger partial charge in [0.1, 0.15) is 6.21 Å². The molecule has 1 heterocycles. The van der Waals surface area contributed by atoms with Gasteiger partial charge in [-0.15, -0.1) is 12.4 Å². The van der Waals surface area contributed by atoms with Crippen molar-refractivity contribution in [3.8, 4) is 0 Å². The Labute approximate surface area is 131 Å². The van der Waals surface area contributed by atoms with Crippen LogP contribution in [0.3, 0.4) is 0 Å². The molecule has 0 radical (unpaired) electrons. The Kier molecular flexibility index (Phi) is 7.79. The number of amides is 1. The fourth-order valence-corrected chi connectivity index (χ4v) is 2.53. The number of halogens is 1. The van der Waals surface area contributed by atoms with E-state index in [1.54, 1.807) is 0 Å². The van der Waals surface area contributed by atoms with E-state index in [0.29, 0.717) is 12.5 Å². The number of carbonyl (C=O) groups excluding carboxylic acids is 1. The summed E-state index contributed by atoms with van der Waals surface area (Å²) in [6, 6.07) is 10.5. The van der Waals surface area contributed by atoms with Gasteiger partial charge in [-0.25, -0.2) is 0 Å². The van der Waals surface area contributed by atoms with Crippen LogP contribution in [0, 0.1) is 5.92 Å². The second-order valence-corrected chi connectivity index (χ2v) is 5.19. The highest BCUT2D eigenvalue weighted by molar-refractivity contribution is 6.25. The van der Waals surface area contributed by atoms with Crippen LogP contribution in [0.5, 0.6) is 0 Å². The first-order chi connectivity index (χ1) is 9.78. The second kappa shape index (κ2) is 9.37. The normalized spacial score (nSPS) is 16.6. The first kappa shape index (κ1) is 17.5. The van der Waals surface area contributed by atoms with E-state index in [9.17, 15) is 4.79 Å². The molecule has 21 heavy (non-hydrogen) atoms. The lowest BCUT2D eigenvalue weighted by atomic mass is 9.96. The molecule has 0 unspecified atom stereocenters. The fraction of sp³-hybridized carbons (Fsp3) is 0.467. The van der Waals surface area contributed by atoms with Crippen molar-refractivity contribution in [2.24, 2.45) is 11.1 Å². The largest absolute Gasteiger partial charge is 0.411 e. The van der Waals surface area contributed by atoms with Gasteiger partial charge in [0.25, 0.3) is 5.91 Å². The molecule has 1 aromatic carbocycles. The summed E-state index contributed by atoms with van der Waals surface area (Å²) in [6.45, 7) is 3.77. The minimum Gasteiger partial charge on any atom is -0.411 e. The molecule has 6 heteroatoms. The number of likely N-dealkylation sites (tertiary alicyclic amines) is 1. The van der Waals surface area contributed by atoms with Gasteiger partial charge in [-0.3, -0.25) is 9.69 Å². The molecule has 1 amide bonds. The maximum absolute atomic E-state index is 11.2. The number of carbonyl (C=O) groups is 1. The van der Waals surface area contributed by atoms with Crippen molar-refractivity contribution in [2.75, 3.05) is 19.6 Å². The summed E-state index contributed by atoms with van der Waals surface area (Å²) in [5, 5.41) is 13.7. The summed E-state index contributed by atoms with van der Waals surface area (Å²) in [5.74, 6) is 0.178. The third-order valence-corrected chi connectivity index (χ3v) is 3.70. The van der Waals surface area contributed by atoms with Gasteiger partial charge in [-0.2, -0.15) is 0 Å². The Bertz CT molecular complexity index is 445. The smallest absolute Gasteiger partial charge is 0.265 e. The molecule has 0 spiro atoms. The lowest BCUT2D eigenvalue weighted by molar-refractivity contribution is -0.114. The summed E-state index contributed by atoms with van der Waals surface area (Å²) in [7, 11) is 0. The van der Waals surface area contributed by atoms with E-state index >= 15 is 0 Å².